The lowest BCUT2D eigenvalue weighted by Gasteiger charge is -2.43. The van der Waals surface area contributed by atoms with Gasteiger partial charge in [0.1, 0.15) is 5.69 Å². The zero-order valence-electron chi connectivity index (χ0n) is 25.8. The Hall–Kier alpha value is -4.50. The van der Waals surface area contributed by atoms with Gasteiger partial charge in [0, 0.05) is 34.9 Å². The Bertz CT molecular complexity index is 1810. The number of hydrogen-bond acceptors (Lipinski definition) is 7. The second kappa shape index (κ2) is 14.5. The molecule has 6 aromatic rings. The Morgan fingerprint density at radius 1 is 0.638 bits per heavy atom. The molecule has 1 aromatic heterocycles. The van der Waals surface area contributed by atoms with E-state index in [2.05, 4.69) is 36.4 Å². The van der Waals surface area contributed by atoms with Crippen LogP contribution in [-0.2, 0) is 22.6 Å². The lowest BCUT2D eigenvalue weighted by atomic mass is 9.84. The largest absolute Gasteiger partial charge is 0.431 e. The number of oxazole rings is 1. The number of aliphatic hydroxyl groups is 1. The van der Waals surface area contributed by atoms with E-state index in [0.29, 0.717) is 17.5 Å². The van der Waals surface area contributed by atoms with E-state index in [-0.39, 0.29) is 24.7 Å². The van der Waals surface area contributed by atoms with E-state index < -0.39 is 6.29 Å². The summed E-state index contributed by atoms with van der Waals surface area (Å²) in [5, 5.41) is 10.3. The van der Waals surface area contributed by atoms with Crippen molar-refractivity contribution >= 4 is 11.8 Å². The Morgan fingerprint density at radius 3 is 1.87 bits per heavy atom. The van der Waals surface area contributed by atoms with Gasteiger partial charge in [0.2, 0.25) is 0 Å². The van der Waals surface area contributed by atoms with Crippen molar-refractivity contribution in [2.75, 3.05) is 5.75 Å². The quantitative estimate of drug-likeness (QED) is 0.145. The third kappa shape index (κ3) is 6.95. The van der Waals surface area contributed by atoms with Crippen LogP contribution in [0.3, 0.4) is 0 Å². The Balaban J connectivity index is 1.26. The van der Waals surface area contributed by atoms with E-state index >= 15 is 0 Å². The molecule has 0 unspecified atom stereocenters. The zero-order chi connectivity index (χ0) is 32.0. The van der Waals surface area contributed by atoms with Crippen LogP contribution < -0.4 is 5.73 Å². The van der Waals surface area contributed by atoms with Crippen LogP contribution in [0.4, 0.5) is 0 Å². The fourth-order valence-electron chi connectivity index (χ4n) is 6.06. The maximum absolute atomic E-state index is 9.71. The van der Waals surface area contributed by atoms with E-state index in [1.807, 2.05) is 103 Å². The molecule has 6 nitrogen and oxygen atoms in total. The number of rotatable bonds is 10. The molecule has 0 saturated carbocycles. The van der Waals surface area contributed by atoms with Crippen LogP contribution in [0.2, 0.25) is 0 Å². The number of hydrogen-bond donors (Lipinski definition) is 2. The molecule has 1 aliphatic rings. The van der Waals surface area contributed by atoms with Gasteiger partial charge in [-0.25, -0.2) is 4.98 Å². The number of ether oxygens (including phenoxy) is 2. The highest BCUT2D eigenvalue weighted by Crippen LogP contribution is 2.48. The second-order valence-electron chi connectivity index (χ2n) is 11.5. The smallest absolute Gasteiger partial charge is 0.256 e. The van der Waals surface area contributed by atoms with Crippen LogP contribution in [0.5, 0.6) is 0 Å². The Labute approximate surface area is 279 Å². The number of thioether (sulfide) groups is 1. The van der Waals surface area contributed by atoms with Crippen molar-refractivity contribution < 1.29 is 19.0 Å². The number of nitrogens with zero attached hydrogens (tertiary/aromatic N) is 1. The summed E-state index contributed by atoms with van der Waals surface area (Å²) in [4.78, 5) is 5.01. The molecule has 0 aliphatic carbocycles. The van der Waals surface area contributed by atoms with Crippen molar-refractivity contribution in [3.8, 4) is 22.6 Å². The summed E-state index contributed by atoms with van der Waals surface area (Å²) in [5.74, 6) is 1.20. The van der Waals surface area contributed by atoms with Crippen LogP contribution in [0.1, 0.15) is 46.1 Å². The molecular formula is C40H36N2O4S. The van der Waals surface area contributed by atoms with Crippen molar-refractivity contribution in [1.29, 1.82) is 0 Å². The molecule has 1 saturated heterocycles. The SMILES string of the molecule is NCc1ccc([C@H]2O[C@@H](CSc3nc(-c4ccccc4)c(-c4ccccc4)o3)[C@H](c3ccccc3)[C@@H](c3ccc(CO)cc3)O2)cc1. The molecule has 47 heavy (non-hydrogen) atoms. The first kappa shape index (κ1) is 31.1. The van der Waals surface area contributed by atoms with Crippen LogP contribution >= 0.6 is 11.8 Å². The first-order valence-corrected chi connectivity index (χ1v) is 16.8. The fourth-order valence-corrected chi connectivity index (χ4v) is 6.95. The van der Waals surface area contributed by atoms with Gasteiger partial charge < -0.3 is 24.7 Å². The van der Waals surface area contributed by atoms with Crippen LogP contribution in [0.15, 0.2) is 149 Å². The fraction of sp³-hybridized carbons (Fsp3) is 0.175. The maximum atomic E-state index is 9.71. The summed E-state index contributed by atoms with van der Waals surface area (Å²) in [7, 11) is 0. The number of nitrogens with two attached hydrogens (primary N) is 1. The van der Waals surface area contributed by atoms with Gasteiger partial charge in [-0.15, -0.1) is 0 Å². The van der Waals surface area contributed by atoms with Gasteiger partial charge in [-0.2, -0.15) is 0 Å². The van der Waals surface area contributed by atoms with E-state index in [1.54, 1.807) is 11.8 Å². The Kier molecular flexibility index (Phi) is 9.60. The van der Waals surface area contributed by atoms with Crippen molar-refractivity contribution in [3.63, 3.8) is 0 Å². The van der Waals surface area contributed by atoms with Gasteiger partial charge in [0.25, 0.3) is 5.22 Å². The second-order valence-corrected chi connectivity index (χ2v) is 12.5. The van der Waals surface area contributed by atoms with E-state index in [1.165, 1.54) is 0 Å². The lowest BCUT2D eigenvalue weighted by Crippen LogP contribution is -2.38. The third-order valence-corrected chi connectivity index (χ3v) is 9.44. The summed E-state index contributed by atoms with van der Waals surface area (Å²) in [6.07, 6.45) is -1.17. The lowest BCUT2D eigenvalue weighted by molar-refractivity contribution is -0.255. The first-order valence-electron chi connectivity index (χ1n) is 15.8. The van der Waals surface area contributed by atoms with Crippen LogP contribution in [0.25, 0.3) is 22.6 Å². The highest BCUT2D eigenvalue weighted by atomic mass is 32.2. The van der Waals surface area contributed by atoms with Crippen LogP contribution in [-0.4, -0.2) is 21.9 Å². The maximum Gasteiger partial charge on any atom is 0.256 e. The van der Waals surface area contributed by atoms with Gasteiger partial charge in [-0.1, -0.05) is 151 Å². The predicted molar refractivity (Wildman–Crippen MR) is 185 cm³/mol. The highest BCUT2D eigenvalue weighted by Gasteiger charge is 2.42. The van der Waals surface area contributed by atoms with E-state index in [0.717, 1.165) is 50.4 Å². The molecular weight excluding hydrogens is 605 g/mol. The highest BCUT2D eigenvalue weighted by molar-refractivity contribution is 7.99. The molecule has 236 valence electrons. The minimum Gasteiger partial charge on any atom is -0.431 e. The van der Waals surface area contributed by atoms with Gasteiger partial charge >= 0.3 is 0 Å². The standard InChI is InChI=1S/C40H36N2O4S/c41-24-27-16-22-33(23-17-27)39-44-34(35(29-10-4-1-5-11-29)37(45-39)32-20-18-28(25-43)19-21-32)26-47-40-42-36(30-12-6-2-7-13-30)38(46-40)31-14-8-3-9-15-31/h1-23,34-35,37,39,43H,24-26,41H2/t34-,35-,37+,39-/m0/s1. The van der Waals surface area contributed by atoms with E-state index in [4.69, 9.17) is 24.6 Å². The van der Waals surface area contributed by atoms with Gasteiger partial charge in [0.15, 0.2) is 12.1 Å². The molecule has 4 atom stereocenters. The average Bonchev–Trinajstić information content (AvgIpc) is 3.59. The first-order chi connectivity index (χ1) is 23.2. The minimum atomic E-state index is -0.598. The molecule has 0 amide bonds. The zero-order valence-corrected chi connectivity index (χ0v) is 26.6. The molecule has 3 N–H and O–H groups in total. The van der Waals surface area contributed by atoms with Gasteiger partial charge in [-0.05, 0) is 22.3 Å². The summed E-state index contributed by atoms with van der Waals surface area (Å²) >= 11 is 1.55. The molecule has 0 bridgehead atoms. The molecule has 5 aromatic carbocycles. The summed E-state index contributed by atoms with van der Waals surface area (Å²) in [5.41, 5.74) is 13.6. The monoisotopic (exact) mass is 640 g/mol. The minimum absolute atomic E-state index is 0.0154. The average molecular weight is 641 g/mol. The molecule has 0 radical (unpaired) electrons. The topological polar surface area (TPSA) is 90.7 Å². The Morgan fingerprint density at radius 2 is 1.23 bits per heavy atom. The molecule has 2 heterocycles. The third-order valence-electron chi connectivity index (χ3n) is 8.52. The molecule has 0 spiro atoms. The van der Waals surface area contributed by atoms with Crippen molar-refractivity contribution in [2.24, 2.45) is 5.73 Å². The van der Waals surface area contributed by atoms with Crippen molar-refractivity contribution in [3.05, 3.63) is 167 Å². The summed E-state index contributed by atoms with van der Waals surface area (Å²) < 4.78 is 20.2. The molecule has 1 aliphatic heterocycles. The predicted octanol–water partition coefficient (Wildman–Crippen LogP) is 8.69. The number of aliphatic hydroxyl groups excluding tert-OH is 1. The van der Waals surface area contributed by atoms with Crippen molar-refractivity contribution in [1.82, 2.24) is 4.98 Å². The number of aromatic nitrogens is 1. The number of benzene rings is 5. The van der Waals surface area contributed by atoms with Crippen LogP contribution in [0, 0.1) is 0 Å². The normalized spacial score (nSPS) is 19.4. The van der Waals surface area contributed by atoms with E-state index in [9.17, 15) is 5.11 Å². The van der Waals surface area contributed by atoms with Gasteiger partial charge in [0.05, 0.1) is 18.8 Å². The molecule has 7 heteroatoms. The van der Waals surface area contributed by atoms with Crippen molar-refractivity contribution in [2.45, 2.75) is 42.8 Å². The molecule has 7 rings (SSSR count). The summed E-state index contributed by atoms with van der Waals surface area (Å²) in [6.45, 7) is 0.451. The van der Waals surface area contributed by atoms with Gasteiger partial charge in [-0.3, -0.25) is 0 Å². The summed E-state index contributed by atoms with van der Waals surface area (Å²) in [6, 6.07) is 46.7. The molecule has 1 fully saturated rings.